The van der Waals surface area contributed by atoms with Crippen molar-refractivity contribution in [1.29, 1.82) is 0 Å². The van der Waals surface area contributed by atoms with Crippen molar-refractivity contribution >= 4 is 46.0 Å². The lowest BCUT2D eigenvalue weighted by Gasteiger charge is -2.31. The molecule has 1 N–H and O–H groups in total. The molecule has 26 heavy (non-hydrogen) atoms. The fourth-order valence-corrected chi connectivity index (χ4v) is 3.86. The molecule has 1 atom stereocenters. The van der Waals surface area contributed by atoms with E-state index in [9.17, 15) is 9.59 Å². The maximum absolute atomic E-state index is 12.6. The van der Waals surface area contributed by atoms with Crippen LogP contribution in [0.5, 0.6) is 0 Å². The Labute approximate surface area is 164 Å². The summed E-state index contributed by atoms with van der Waals surface area (Å²) in [5, 5.41) is 3.61. The van der Waals surface area contributed by atoms with E-state index in [0.717, 1.165) is 25.7 Å². The molecular weight excluding hydrogens is 370 g/mol. The topological polar surface area (TPSA) is 61.8 Å². The smallest absolute Gasteiger partial charge is 0.238 e. The molecule has 2 rings (SSSR count). The average molecular weight is 396 g/mol. The molecule has 7 heteroatoms. The van der Waals surface area contributed by atoms with Crippen molar-refractivity contribution in [2.75, 3.05) is 18.4 Å². The number of aliphatic imine (C=N–C) groups is 1. The number of carbonyl (C=O) groups is 2. The Kier molecular flexibility index (Phi) is 8.45. The third-order valence-electron chi connectivity index (χ3n) is 4.02. The maximum Gasteiger partial charge on any atom is 0.238 e. The van der Waals surface area contributed by atoms with Gasteiger partial charge in [-0.15, -0.1) is 0 Å². The number of halogens is 1. The first-order valence-electron chi connectivity index (χ1n) is 9.13. The van der Waals surface area contributed by atoms with Gasteiger partial charge in [-0.25, -0.2) is 0 Å². The number of hydrogen-bond acceptors (Lipinski definition) is 4. The van der Waals surface area contributed by atoms with E-state index in [1.54, 1.807) is 29.2 Å². The lowest BCUT2D eigenvalue weighted by atomic mass is 10.2. The molecule has 142 valence electrons. The number of unbranched alkanes of at least 4 members (excludes halogenated alkanes) is 2. The first-order valence-corrected chi connectivity index (χ1v) is 10.4. The van der Waals surface area contributed by atoms with Crippen LogP contribution in [0, 0.1) is 0 Å². The average Bonchev–Trinajstić information content (AvgIpc) is 2.61. The lowest BCUT2D eigenvalue weighted by molar-refractivity contribution is -0.129. The summed E-state index contributed by atoms with van der Waals surface area (Å²) in [4.78, 5) is 31.6. The van der Waals surface area contributed by atoms with E-state index in [4.69, 9.17) is 11.6 Å². The Balaban J connectivity index is 2.09. The molecular formula is C19H26ClN3O2S. The van der Waals surface area contributed by atoms with Crippen LogP contribution < -0.4 is 5.32 Å². The molecule has 5 nitrogen and oxygen atoms in total. The molecule has 0 bridgehead atoms. The molecule has 1 aliphatic rings. The number of hydrogen-bond donors (Lipinski definition) is 1. The molecule has 0 unspecified atom stereocenters. The minimum absolute atomic E-state index is 0.0290. The predicted octanol–water partition coefficient (Wildman–Crippen LogP) is 4.57. The summed E-state index contributed by atoms with van der Waals surface area (Å²) >= 11 is 7.35. The van der Waals surface area contributed by atoms with Crippen LogP contribution in [0.3, 0.4) is 0 Å². The summed E-state index contributed by atoms with van der Waals surface area (Å²) in [6.45, 7) is 5.54. The van der Waals surface area contributed by atoms with Crippen molar-refractivity contribution in [1.82, 2.24) is 4.90 Å². The van der Waals surface area contributed by atoms with E-state index in [1.807, 2.05) is 0 Å². The van der Waals surface area contributed by atoms with Gasteiger partial charge in [0.1, 0.15) is 5.25 Å². The fraction of sp³-hybridized carbons (Fsp3) is 0.526. The van der Waals surface area contributed by atoms with Crippen LogP contribution in [0.4, 0.5) is 5.69 Å². The third kappa shape index (κ3) is 6.02. The van der Waals surface area contributed by atoms with Crippen molar-refractivity contribution in [3.8, 4) is 0 Å². The Bertz CT molecular complexity index is 666. The number of nitrogens with one attached hydrogen (secondary N) is 1. The maximum atomic E-state index is 12.6. The molecule has 0 radical (unpaired) electrons. The summed E-state index contributed by atoms with van der Waals surface area (Å²) in [5.74, 6) is -0.220. The molecule has 1 saturated heterocycles. The number of amidine groups is 1. The highest BCUT2D eigenvalue weighted by Crippen LogP contribution is 2.28. The van der Waals surface area contributed by atoms with E-state index in [2.05, 4.69) is 24.2 Å². The minimum Gasteiger partial charge on any atom is -0.325 e. The molecule has 1 aromatic carbocycles. The van der Waals surface area contributed by atoms with E-state index in [-0.39, 0.29) is 18.2 Å². The number of benzene rings is 1. The largest absolute Gasteiger partial charge is 0.325 e. The Hall–Kier alpha value is -1.53. The highest BCUT2D eigenvalue weighted by atomic mass is 35.5. The van der Waals surface area contributed by atoms with Crippen LogP contribution in [0.1, 0.15) is 46.0 Å². The fourth-order valence-electron chi connectivity index (χ4n) is 2.54. The highest BCUT2D eigenvalue weighted by Gasteiger charge is 2.35. The van der Waals surface area contributed by atoms with Gasteiger partial charge in [0.2, 0.25) is 11.8 Å². The lowest BCUT2D eigenvalue weighted by Crippen LogP contribution is -2.45. The standard InChI is InChI=1S/C19H26ClN3O2S/c1-3-5-10-21-19-23(11-6-4-2)17(24)13-16(26-19)18(25)22-15-9-7-8-14(20)12-15/h7-9,12,16H,3-6,10-11,13H2,1-2H3,(H,22,25)/t16-/m0/s1. The van der Waals surface area contributed by atoms with Gasteiger partial charge in [-0.2, -0.15) is 0 Å². The zero-order chi connectivity index (χ0) is 18.9. The molecule has 2 amide bonds. The van der Waals surface area contributed by atoms with Gasteiger partial charge in [0.25, 0.3) is 0 Å². The van der Waals surface area contributed by atoms with Gasteiger partial charge in [-0.1, -0.05) is 56.1 Å². The Morgan fingerprint density at radius 1 is 1.35 bits per heavy atom. The molecule has 1 fully saturated rings. The quantitative estimate of drug-likeness (QED) is 0.656. The molecule has 0 spiro atoms. The second-order valence-corrected chi connectivity index (χ2v) is 7.83. The van der Waals surface area contributed by atoms with Gasteiger partial charge in [-0.05, 0) is 31.0 Å². The number of carbonyl (C=O) groups excluding carboxylic acids is 2. The summed E-state index contributed by atoms with van der Waals surface area (Å²) in [6.07, 6.45) is 4.14. The first kappa shape index (κ1) is 20.8. The second kappa shape index (κ2) is 10.6. The van der Waals surface area contributed by atoms with Crippen LogP contribution in [0.25, 0.3) is 0 Å². The van der Waals surface area contributed by atoms with Crippen molar-refractivity contribution in [2.45, 2.75) is 51.2 Å². The highest BCUT2D eigenvalue weighted by molar-refractivity contribution is 8.15. The van der Waals surface area contributed by atoms with Crippen LogP contribution in [-0.4, -0.2) is 40.2 Å². The van der Waals surface area contributed by atoms with Crippen LogP contribution in [0.15, 0.2) is 29.3 Å². The van der Waals surface area contributed by atoms with Crippen LogP contribution in [-0.2, 0) is 9.59 Å². The normalized spacial score (nSPS) is 19.0. The molecule has 0 aromatic heterocycles. The van der Waals surface area contributed by atoms with Gasteiger partial charge < -0.3 is 5.32 Å². The summed E-state index contributed by atoms with van der Waals surface area (Å²) in [6, 6.07) is 7.00. The molecule has 1 heterocycles. The van der Waals surface area contributed by atoms with Gasteiger partial charge in [-0.3, -0.25) is 19.5 Å². The second-order valence-electron chi connectivity index (χ2n) is 6.23. The minimum atomic E-state index is -0.472. The van der Waals surface area contributed by atoms with Crippen molar-refractivity contribution in [2.24, 2.45) is 4.99 Å². The van der Waals surface area contributed by atoms with Crippen molar-refractivity contribution in [3.05, 3.63) is 29.3 Å². The van der Waals surface area contributed by atoms with Crippen LogP contribution in [0.2, 0.25) is 5.02 Å². The van der Waals surface area contributed by atoms with E-state index < -0.39 is 5.25 Å². The van der Waals surface area contributed by atoms with Crippen LogP contribution >= 0.6 is 23.4 Å². The zero-order valence-corrected chi connectivity index (χ0v) is 16.9. The zero-order valence-electron chi connectivity index (χ0n) is 15.3. The Morgan fingerprint density at radius 2 is 2.12 bits per heavy atom. The van der Waals surface area contributed by atoms with E-state index >= 15 is 0 Å². The SMILES string of the molecule is CCCCN=C1S[C@H](C(=O)Nc2cccc(Cl)c2)CC(=O)N1CCCC. The summed E-state index contributed by atoms with van der Waals surface area (Å²) in [5.41, 5.74) is 0.633. The van der Waals surface area contributed by atoms with E-state index in [0.29, 0.717) is 29.0 Å². The molecule has 0 saturated carbocycles. The van der Waals surface area contributed by atoms with Gasteiger partial charge >= 0.3 is 0 Å². The summed E-state index contributed by atoms with van der Waals surface area (Å²) in [7, 11) is 0. The number of amides is 2. The number of rotatable bonds is 8. The molecule has 1 aromatic rings. The number of anilines is 1. The van der Waals surface area contributed by atoms with Gasteiger partial charge in [0, 0.05) is 30.2 Å². The van der Waals surface area contributed by atoms with Gasteiger partial charge in [0.05, 0.1) is 0 Å². The van der Waals surface area contributed by atoms with Crippen molar-refractivity contribution in [3.63, 3.8) is 0 Å². The monoisotopic (exact) mass is 395 g/mol. The van der Waals surface area contributed by atoms with Crippen molar-refractivity contribution < 1.29 is 9.59 Å². The number of thioether (sulfide) groups is 1. The third-order valence-corrected chi connectivity index (χ3v) is 5.48. The van der Waals surface area contributed by atoms with E-state index in [1.165, 1.54) is 11.8 Å². The van der Waals surface area contributed by atoms with Gasteiger partial charge in [0.15, 0.2) is 5.17 Å². The Morgan fingerprint density at radius 3 is 2.81 bits per heavy atom. The first-order chi connectivity index (χ1) is 12.5. The summed E-state index contributed by atoms with van der Waals surface area (Å²) < 4.78 is 0. The molecule has 0 aliphatic carbocycles. The number of nitrogens with zero attached hydrogens (tertiary/aromatic N) is 2. The predicted molar refractivity (Wildman–Crippen MR) is 110 cm³/mol. The molecule has 1 aliphatic heterocycles.